The van der Waals surface area contributed by atoms with E-state index in [1.165, 1.54) is 12.1 Å². The van der Waals surface area contributed by atoms with Crippen LogP contribution < -0.4 is 5.56 Å². The lowest BCUT2D eigenvalue weighted by Gasteiger charge is -2.14. The van der Waals surface area contributed by atoms with E-state index in [4.69, 9.17) is 5.11 Å². The molecule has 2 aromatic rings. The number of carbonyl (C=O) groups is 1. The van der Waals surface area contributed by atoms with Crippen molar-refractivity contribution in [2.45, 2.75) is 11.5 Å². The molecule has 0 radical (unpaired) electrons. The molecule has 0 saturated heterocycles. The highest BCUT2D eigenvalue weighted by atomic mass is 79.9. The number of nitrogens with zero attached hydrogens (tertiary/aromatic N) is 1. The lowest BCUT2D eigenvalue weighted by molar-refractivity contribution is -0.137. The highest BCUT2D eigenvalue weighted by Gasteiger charge is 2.30. The summed E-state index contributed by atoms with van der Waals surface area (Å²) in [5, 5.41) is 9.16. The Morgan fingerprint density at radius 3 is 2.45 bits per heavy atom. The van der Waals surface area contributed by atoms with Gasteiger partial charge in [-0.3, -0.25) is 9.36 Å². The number of alkyl halides is 4. The Morgan fingerprint density at radius 1 is 1.23 bits per heavy atom. The maximum atomic E-state index is 12.8. The van der Waals surface area contributed by atoms with Gasteiger partial charge in [0.2, 0.25) is 0 Å². The van der Waals surface area contributed by atoms with E-state index in [1.54, 1.807) is 0 Å². The zero-order chi connectivity index (χ0) is 16.5. The van der Waals surface area contributed by atoms with Crippen molar-refractivity contribution < 1.29 is 23.1 Å². The van der Waals surface area contributed by atoms with Gasteiger partial charge in [0.05, 0.1) is 5.56 Å². The molecule has 1 N–H and O–H groups in total. The molecule has 0 aliphatic heterocycles. The van der Waals surface area contributed by atoms with E-state index in [0.29, 0.717) is 5.69 Å². The van der Waals surface area contributed by atoms with Crippen LogP contribution in [0.5, 0.6) is 0 Å². The number of pyridine rings is 1. The second-order valence-electron chi connectivity index (χ2n) is 4.37. The summed E-state index contributed by atoms with van der Waals surface area (Å²) in [6.07, 6.45) is -4.56. The van der Waals surface area contributed by atoms with Crippen molar-refractivity contribution in [2.75, 3.05) is 0 Å². The van der Waals surface area contributed by atoms with Crippen LogP contribution in [0.4, 0.5) is 13.2 Å². The maximum absolute atomic E-state index is 12.8. The van der Waals surface area contributed by atoms with E-state index in [0.717, 1.165) is 28.8 Å². The molecule has 0 bridgehead atoms. The van der Waals surface area contributed by atoms with Crippen LogP contribution in [0.3, 0.4) is 0 Å². The molecule has 0 atom stereocenters. The molecule has 0 aliphatic carbocycles. The third kappa shape index (κ3) is 3.06. The van der Waals surface area contributed by atoms with Crippen molar-refractivity contribution in [2.24, 2.45) is 0 Å². The number of carboxylic acids is 1. The Kier molecular flexibility index (Phi) is 4.41. The van der Waals surface area contributed by atoms with Crippen LogP contribution in [0.15, 0.2) is 41.2 Å². The summed E-state index contributed by atoms with van der Waals surface area (Å²) in [6, 6.07) is 6.66. The Bertz CT molecular complexity index is 784. The van der Waals surface area contributed by atoms with Crippen LogP contribution in [0, 0.1) is 0 Å². The number of aromatic nitrogens is 1. The van der Waals surface area contributed by atoms with Crippen LogP contribution in [0.1, 0.15) is 21.6 Å². The number of hydrogen-bond donors (Lipinski definition) is 1. The summed E-state index contributed by atoms with van der Waals surface area (Å²) in [6.45, 7) is 0. The fraction of sp³-hybridized carbons (Fsp3) is 0.143. The van der Waals surface area contributed by atoms with Crippen LogP contribution in [0.25, 0.3) is 5.69 Å². The van der Waals surface area contributed by atoms with Gasteiger partial charge >= 0.3 is 12.1 Å². The molecule has 22 heavy (non-hydrogen) atoms. The number of aromatic carboxylic acids is 1. The monoisotopic (exact) mass is 375 g/mol. The highest BCUT2D eigenvalue weighted by molar-refractivity contribution is 9.08. The fourth-order valence-corrected chi connectivity index (χ4v) is 2.39. The Hall–Kier alpha value is -2.09. The van der Waals surface area contributed by atoms with Gasteiger partial charge in [-0.05, 0) is 30.3 Å². The van der Waals surface area contributed by atoms with Crippen molar-refractivity contribution in [1.82, 2.24) is 4.57 Å². The zero-order valence-corrected chi connectivity index (χ0v) is 12.5. The topological polar surface area (TPSA) is 59.3 Å². The van der Waals surface area contributed by atoms with Crippen LogP contribution in [-0.2, 0) is 11.5 Å². The molecular formula is C14H9BrF3NO3. The van der Waals surface area contributed by atoms with E-state index in [2.05, 4.69) is 15.9 Å². The summed E-state index contributed by atoms with van der Waals surface area (Å²) >= 11 is 3.13. The number of hydrogen-bond acceptors (Lipinski definition) is 2. The predicted molar refractivity (Wildman–Crippen MR) is 76.6 cm³/mol. The first-order valence-corrected chi connectivity index (χ1v) is 7.09. The Labute approximate surface area is 130 Å². The predicted octanol–water partition coefficient (Wildman–Crippen LogP) is 3.45. The van der Waals surface area contributed by atoms with Crippen LogP contribution >= 0.6 is 15.9 Å². The average molecular weight is 376 g/mol. The van der Waals surface area contributed by atoms with Gasteiger partial charge < -0.3 is 5.11 Å². The molecule has 1 aromatic carbocycles. The molecule has 2 rings (SSSR count). The normalized spacial score (nSPS) is 11.5. The Morgan fingerprint density at radius 2 is 1.91 bits per heavy atom. The smallest absolute Gasteiger partial charge is 0.416 e. The molecule has 0 unspecified atom stereocenters. The van der Waals surface area contributed by atoms with Gasteiger partial charge in [0.1, 0.15) is 5.56 Å². The van der Waals surface area contributed by atoms with E-state index in [-0.39, 0.29) is 11.0 Å². The van der Waals surface area contributed by atoms with E-state index in [1.807, 2.05) is 0 Å². The second-order valence-corrected chi connectivity index (χ2v) is 4.93. The summed E-state index contributed by atoms with van der Waals surface area (Å²) < 4.78 is 39.3. The first-order valence-electron chi connectivity index (χ1n) is 5.97. The van der Waals surface area contributed by atoms with Crippen molar-refractivity contribution in [3.05, 3.63) is 63.6 Å². The van der Waals surface area contributed by atoms with Crippen molar-refractivity contribution in [3.63, 3.8) is 0 Å². The van der Waals surface area contributed by atoms with E-state index in [9.17, 15) is 22.8 Å². The largest absolute Gasteiger partial charge is 0.477 e. The van der Waals surface area contributed by atoms with Crippen LogP contribution in [-0.4, -0.2) is 15.6 Å². The summed E-state index contributed by atoms with van der Waals surface area (Å²) in [4.78, 5) is 23.3. The SMILES string of the molecule is O=C(O)c1ccc(CBr)n(-c2cccc(C(F)(F)F)c2)c1=O. The molecule has 0 fully saturated rings. The number of carboxylic acid groups (broad SMARTS) is 1. The molecule has 8 heteroatoms. The molecule has 1 heterocycles. The Balaban J connectivity index is 2.74. The number of rotatable bonds is 3. The molecule has 0 amide bonds. The van der Waals surface area contributed by atoms with Gasteiger partial charge in [-0.15, -0.1) is 0 Å². The molecule has 0 saturated carbocycles. The number of halogens is 4. The third-order valence-electron chi connectivity index (χ3n) is 2.96. The highest BCUT2D eigenvalue weighted by Crippen LogP contribution is 2.30. The van der Waals surface area contributed by atoms with E-state index < -0.39 is 28.8 Å². The minimum atomic E-state index is -4.56. The van der Waals surface area contributed by atoms with Gasteiger partial charge in [-0.2, -0.15) is 13.2 Å². The maximum Gasteiger partial charge on any atom is 0.416 e. The summed E-state index contributed by atoms with van der Waals surface area (Å²) in [7, 11) is 0. The molecule has 1 aromatic heterocycles. The number of benzene rings is 1. The minimum Gasteiger partial charge on any atom is -0.477 e. The fourth-order valence-electron chi connectivity index (χ4n) is 1.95. The standard InChI is InChI=1S/C14H9BrF3NO3/c15-7-10-4-5-11(13(21)22)12(20)19(10)9-3-1-2-8(6-9)14(16,17)18/h1-6H,7H2,(H,21,22). The lowest BCUT2D eigenvalue weighted by atomic mass is 10.1. The minimum absolute atomic E-state index is 0.0441. The quantitative estimate of drug-likeness (QED) is 0.835. The van der Waals surface area contributed by atoms with Gasteiger partial charge in [0, 0.05) is 16.7 Å². The van der Waals surface area contributed by atoms with Gasteiger partial charge in [-0.25, -0.2) is 4.79 Å². The van der Waals surface area contributed by atoms with E-state index >= 15 is 0 Å². The first-order chi connectivity index (χ1) is 10.3. The molecule has 0 spiro atoms. The van der Waals surface area contributed by atoms with Gasteiger partial charge in [-0.1, -0.05) is 22.0 Å². The van der Waals surface area contributed by atoms with Gasteiger partial charge in [0.15, 0.2) is 0 Å². The first kappa shape index (κ1) is 16.3. The molecule has 0 aliphatic rings. The second kappa shape index (κ2) is 5.96. The molecule has 4 nitrogen and oxygen atoms in total. The molecule has 116 valence electrons. The summed E-state index contributed by atoms with van der Waals surface area (Å²) in [5.74, 6) is -1.44. The summed E-state index contributed by atoms with van der Waals surface area (Å²) in [5.41, 5.74) is -2.02. The zero-order valence-electron chi connectivity index (χ0n) is 10.9. The van der Waals surface area contributed by atoms with Crippen LogP contribution in [0.2, 0.25) is 0 Å². The van der Waals surface area contributed by atoms with Crippen molar-refractivity contribution in [1.29, 1.82) is 0 Å². The van der Waals surface area contributed by atoms with Gasteiger partial charge in [0.25, 0.3) is 5.56 Å². The van der Waals surface area contributed by atoms with Crippen molar-refractivity contribution >= 4 is 21.9 Å². The third-order valence-corrected chi connectivity index (χ3v) is 3.54. The molecular weight excluding hydrogens is 367 g/mol. The van der Waals surface area contributed by atoms with Crippen molar-refractivity contribution in [3.8, 4) is 5.69 Å². The average Bonchev–Trinajstić information content (AvgIpc) is 2.45. The lowest BCUT2D eigenvalue weighted by Crippen LogP contribution is -2.27.